The van der Waals surface area contributed by atoms with E-state index in [0.29, 0.717) is 40.4 Å². The number of benzene rings is 2. The predicted octanol–water partition coefficient (Wildman–Crippen LogP) is 7.47. The van der Waals surface area contributed by atoms with Crippen LogP contribution >= 0.6 is 28.4 Å². The monoisotopic (exact) mass is 749 g/mol. The largest absolute Gasteiger partial charge is 0.416 e. The van der Waals surface area contributed by atoms with Crippen LogP contribution in [-0.2, 0) is 6.18 Å². The molecular weight excluding hydrogens is 731 g/mol. The number of nitrogens with one attached hydrogen (secondary N) is 2. The van der Waals surface area contributed by atoms with Crippen molar-refractivity contribution in [1.29, 1.82) is 0 Å². The first-order chi connectivity index (χ1) is 21.5. The van der Waals surface area contributed by atoms with E-state index in [1.807, 2.05) is 4.34 Å². The van der Waals surface area contributed by atoms with Crippen molar-refractivity contribution in [2.45, 2.75) is 13.1 Å². The fraction of sp³-hybridized carbons (Fsp3) is 0.0714. The van der Waals surface area contributed by atoms with Crippen LogP contribution in [0.5, 0.6) is 0 Å². The van der Waals surface area contributed by atoms with Gasteiger partial charge < -0.3 is 10.6 Å². The first-order valence-corrected chi connectivity index (χ1v) is 16.9. The molecule has 6 rings (SSSR count). The van der Waals surface area contributed by atoms with Gasteiger partial charge in [-0.15, -0.1) is 0 Å². The number of carbonyl (C=O) groups excluding carboxylic acids is 1. The molecular formula is C28H18F5IN9OP. The summed E-state index contributed by atoms with van der Waals surface area (Å²) in [6, 6.07) is 7.77. The van der Waals surface area contributed by atoms with Crippen LogP contribution in [0.4, 0.5) is 39.1 Å². The minimum atomic E-state index is -4.78. The van der Waals surface area contributed by atoms with Crippen LogP contribution in [0.3, 0.4) is 0 Å². The van der Waals surface area contributed by atoms with E-state index in [-0.39, 0.29) is 11.5 Å². The molecule has 0 aliphatic heterocycles. The Labute approximate surface area is 265 Å². The number of halogens is 6. The topological polar surface area (TPSA) is 115 Å². The van der Waals surface area contributed by atoms with Gasteiger partial charge in [0.05, 0.1) is 29.5 Å². The van der Waals surface area contributed by atoms with Crippen molar-refractivity contribution < 1.29 is 26.7 Å². The summed E-state index contributed by atoms with van der Waals surface area (Å²) in [6.45, 7) is 1.70. The van der Waals surface area contributed by atoms with Gasteiger partial charge in [-0.3, -0.25) is 9.13 Å². The molecule has 0 aliphatic carbocycles. The number of nitrogens with zero attached hydrogens (tertiary/aromatic N) is 7. The summed E-state index contributed by atoms with van der Waals surface area (Å²) in [7, 11) is 0. The van der Waals surface area contributed by atoms with E-state index in [2.05, 4.69) is 57.7 Å². The quantitative estimate of drug-likeness (QED) is 0.0990. The Hall–Kier alpha value is -4.57. The van der Waals surface area contributed by atoms with Crippen LogP contribution in [0, 0.1) is 18.6 Å². The Bertz CT molecular complexity index is 2080. The zero-order valence-corrected chi connectivity index (χ0v) is 25.9. The van der Waals surface area contributed by atoms with Crippen LogP contribution in [0.1, 0.15) is 21.5 Å². The molecule has 4 heterocycles. The van der Waals surface area contributed by atoms with Gasteiger partial charge >= 0.3 is 6.18 Å². The zero-order chi connectivity index (χ0) is 31.9. The lowest BCUT2D eigenvalue weighted by Crippen LogP contribution is -2.16. The van der Waals surface area contributed by atoms with Gasteiger partial charge in [0.25, 0.3) is 5.91 Å². The molecule has 1 amide bonds. The van der Waals surface area contributed by atoms with Gasteiger partial charge in [-0.05, 0) is 77.0 Å². The second kappa shape index (κ2) is 12.1. The Balaban J connectivity index is 1.34. The van der Waals surface area contributed by atoms with Crippen molar-refractivity contribution in [3.8, 4) is 16.9 Å². The van der Waals surface area contributed by atoms with Crippen molar-refractivity contribution in [1.82, 2.24) is 34.1 Å². The molecule has 0 bridgehead atoms. The number of rotatable bonds is 7. The van der Waals surface area contributed by atoms with E-state index in [9.17, 15) is 18.0 Å². The first kappa shape index (κ1) is 30.5. The number of pyridine rings is 1. The Kier molecular flexibility index (Phi) is 8.18. The molecule has 45 heavy (non-hydrogen) atoms. The average molecular weight is 749 g/mol. The third kappa shape index (κ3) is 6.07. The van der Waals surface area contributed by atoms with Crippen LogP contribution in [0.2, 0.25) is 0 Å². The lowest BCUT2D eigenvalue weighted by atomic mass is 10.1. The zero-order valence-electron chi connectivity index (χ0n) is 22.7. The highest BCUT2D eigenvalue weighted by molar-refractivity contribution is 14.2. The summed E-state index contributed by atoms with van der Waals surface area (Å²) < 4.78 is 74.9. The lowest BCUT2D eigenvalue weighted by molar-refractivity contribution is -0.137. The average Bonchev–Trinajstić information content (AvgIpc) is 3.66. The summed E-state index contributed by atoms with van der Waals surface area (Å²) in [5, 5.41) is 8.90. The Morgan fingerprint density at radius 1 is 1.04 bits per heavy atom. The van der Waals surface area contributed by atoms with Crippen molar-refractivity contribution in [2.24, 2.45) is 0 Å². The molecule has 1 atom stereocenters. The Morgan fingerprint density at radius 3 is 2.60 bits per heavy atom. The number of aryl methyl sites for hydroxylation is 1. The molecule has 2 aromatic carbocycles. The number of imidazole rings is 1. The van der Waals surface area contributed by atoms with Crippen LogP contribution < -0.4 is 10.6 Å². The smallest absolute Gasteiger partial charge is 0.335 e. The summed E-state index contributed by atoms with van der Waals surface area (Å²) in [6.07, 6.45) is 2.82. The molecule has 0 fully saturated rings. The van der Waals surface area contributed by atoms with E-state index >= 15 is 8.78 Å². The molecule has 0 saturated carbocycles. The maximum absolute atomic E-state index is 15.8. The fourth-order valence-electron chi connectivity index (χ4n) is 4.46. The highest BCUT2D eigenvalue weighted by atomic mass is 127. The summed E-state index contributed by atoms with van der Waals surface area (Å²) in [5.41, 5.74) is -0.278. The molecule has 6 aromatic rings. The molecule has 1 unspecified atom stereocenters. The van der Waals surface area contributed by atoms with Crippen molar-refractivity contribution >= 4 is 62.7 Å². The SMILES string of the molecule is Cc1cnn(-c2cc(C(=O)Nc3ccc(F)c(Nc4ncccc4-c4ncnc5c4ncn5PI)c3F)cc(C(F)(F)F)c2)c1. The summed E-state index contributed by atoms with van der Waals surface area (Å²) >= 11 is 2.18. The van der Waals surface area contributed by atoms with Crippen molar-refractivity contribution in [3.63, 3.8) is 0 Å². The number of alkyl halides is 3. The second-order valence-corrected chi connectivity index (χ2v) is 11.7. The molecule has 0 saturated heterocycles. The maximum Gasteiger partial charge on any atom is 0.416 e. The number of fused-ring (bicyclic) bond motifs is 1. The molecule has 0 radical (unpaired) electrons. The number of carbonyl (C=O) groups is 1. The highest BCUT2D eigenvalue weighted by Crippen LogP contribution is 2.36. The number of aromatic nitrogens is 7. The van der Waals surface area contributed by atoms with E-state index in [1.165, 1.54) is 35.7 Å². The number of amides is 1. The standard InChI is InChI=1S/C28H18F5IN9OP/c1-14-10-39-42(11-14)17-8-15(7-16(9-17)28(31,32)33)27(44)40-20-5-4-19(29)23(21(20)30)41-25-18(3-2-6-35-25)22-24-26(37-12-36-22)43(45-34)13-38-24/h2-13,45H,1H3,(H,35,41)(H,40,44). The minimum absolute atomic E-state index is 0.0299. The second-order valence-electron chi connectivity index (χ2n) is 9.58. The molecule has 17 heteroatoms. The van der Waals surface area contributed by atoms with Crippen molar-refractivity contribution in [2.75, 3.05) is 10.6 Å². The van der Waals surface area contributed by atoms with Crippen LogP contribution in [0.15, 0.2) is 73.7 Å². The fourth-order valence-corrected chi connectivity index (χ4v) is 5.86. The highest BCUT2D eigenvalue weighted by Gasteiger charge is 2.32. The van der Waals surface area contributed by atoms with Gasteiger partial charge in [0.1, 0.15) is 41.2 Å². The number of anilines is 3. The molecule has 0 spiro atoms. The molecule has 228 valence electrons. The predicted molar refractivity (Wildman–Crippen MR) is 167 cm³/mol. The number of hydrogen-bond acceptors (Lipinski definition) is 7. The third-order valence-electron chi connectivity index (χ3n) is 6.55. The first-order valence-electron chi connectivity index (χ1n) is 12.8. The van der Waals surface area contributed by atoms with Gasteiger partial charge in [-0.25, -0.2) is 33.4 Å². The minimum Gasteiger partial charge on any atom is -0.335 e. The van der Waals surface area contributed by atoms with Gasteiger partial charge in [0.15, 0.2) is 11.5 Å². The molecule has 4 aromatic heterocycles. The van der Waals surface area contributed by atoms with E-state index in [1.54, 1.807) is 25.4 Å². The molecule has 0 aliphatic rings. The van der Waals surface area contributed by atoms with Gasteiger partial charge in [0.2, 0.25) is 0 Å². The van der Waals surface area contributed by atoms with Crippen molar-refractivity contribution in [3.05, 3.63) is 102 Å². The maximum atomic E-state index is 15.8. The van der Waals surface area contributed by atoms with E-state index < -0.39 is 46.2 Å². The van der Waals surface area contributed by atoms with E-state index in [0.717, 1.165) is 18.2 Å². The third-order valence-corrected chi connectivity index (χ3v) is 8.62. The number of hydrogen-bond donors (Lipinski definition) is 2. The van der Waals surface area contributed by atoms with Crippen LogP contribution in [0.25, 0.3) is 28.1 Å². The van der Waals surface area contributed by atoms with Crippen LogP contribution in [-0.4, -0.2) is 40.0 Å². The van der Waals surface area contributed by atoms with Gasteiger partial charge in [0, 0.05) is 23.5 Å². The van der Waals surface area contributed by atoms with Gasteiger partial charge in [-0.2, -0.15) is 18.3 Å². The normalized spacial score (nSPS) is 11.9. The Morgan fingerprint density at radius 2 is 1.87 bits per heavy atom. The summed E-state index contributed by atoms with van der Waals surface area (Å²) in [5.74, 6) is -3.25. The lowest BCUT2D eigenvalue weighted by Gasteiger charge is -2.15. The van der Waals surface area contributed by atoms with Gasteiger partial charge in [-0.1, -0.05) is 0 Å². The molecule has 2 N–H and O–H groups in total. The summed E-state index contributed by atoms with van der Waals surface area (Å²) in [4.78, 5) is 30.4. The molecule has 10 nitrogen and oxygen atoms in total. The van der Waals surface area contributed by atoms with E-state index in [4.69, 9.17) is 0 Å².